The minimum absolute atomic E-state index is 0.224. The van der Waals surface area contributed by atoms with E-state index in [-0.39, 0.29) is 10.6 Å². The van der Waals surface area contributed by atoms with Crippen molar-refractivity contribution in [3.05, 3.63) is 52.3 Å². The van der Waals surface area contributed by atoms with Crippen LogP contribution in [-0.4, -0.2) is 40.4 Å². The second kappa shape index (κ2) is 6.51. The monoisotopic (exact) mass is 315 g/mol. The predicted molar refractivity (Wildman–Crippen MR) is 76.2 cm³/mol. The van der Waals surface area contributed by atoms with Crippen molar-refractivity contribution in [2.75, 3.05) is 20.6 Å². The van der Waals surface area contributed by atoms with E-state index in [0.29, 0.717) is 18.8 Å². The quantitative estimate of drug-likeness (QED) is 0.921. The summed E-state index contributed by atoms with van der Waals surface area (Å²) in [6.07, 6.45) is 0.257. The zero-order valence-electron chi connectivity index (χ0n) is 11.7. The van der Waals surface area contributed by atoms with Gasteiger partial charge in [0.15, 0.2) is 11.6 Å². The largest absolute Gasteiger partial charge is 0.382 e. The Labute approximate surface area is 126 Å². The van der Waals surface area contributed by atoms with E-state index in [9.17, 15) is 13.9 Å². The van der Waals surface area contributed by atoms with Crippen molar-refractivity contribution in [3.63, 3.8) is 0 Å². The Bertz CT molecular complexity index is 631. The molecule has 7 heteroatoms. The summed E-state index contributed by atoms with van der Waals surface area (Å²) >= 11 is 6.05. The van der Waals surface area contributed by atoms with Crippen LogP contribution in [0.15, 0.2) is 24.4 Å². The van der Waals surface area contributed by atoms with Crippen LogP contribution in [0, 0.1) is 11.6 Å². The normalized spacial score (nSPS) is 12.9. The van der Waals surface area contributed by atoms with Gasteiger partial charge in [-0.2, -0.15) is 5.10 Å². The van der Waals surface area contributed by atoms with E-state index in [2.05, 4.69) is 5.10 Å². The lowest BCUT2D eigenvalue weighted by Gasteiger charge is -2.16. The maximum absolute atomic E-state index is 13.3. The fourth-order valence-corrected chi connectivity index (χ4v) is 2.20. The third kappa shape index (κ3) is 3.58. The molecule has 1 N–H and O–H groups in total. The molecule has 1 heterocycles. The molecule has 0 aliphatic carbocycles. The average molecular weight is 316 g/mol. The molecule has 1 unspecified atom stereocenters. The number of halogens is 3. The number of hydrogen-bond donors (Lipinski definition) is 1. The van der Waals surface area contributed by atoms with Crippen molar-refractivity contribution >= 4 is 11.6 Å². The van der Waals surface area contributed by atoms with Gasteiger partial charge in [-0.25, -0.2) is 8.78 Å². The van der Waals surface area contributed by atoms with Gasteiger partial charge in [-0.1, -0.05) is 17.7 Å². The summed E-state index contributed by atoms with van der Waals surface area (Å²) in [4.78, 5) is 1.96. The minimum Gasteiger partial charge on any atom is -0.382 e. The third-order valence-electron chi connectivity index (χ3n) is 3.11. The van der Waals surface area contributed by atoms with Crippen molar-refractivity contribution in [1.82, 2.24) is 14.7 Å². The SMILES string of the molecule is CN(C)CCn1ncc(Cl)c1C(O)c1ccc(F)c(F)c1. The lowest BCUT2D eigenvalue weighted by molar-refractivity contribution is 0.205. The van der Waals surface area contributed by atoms with Gasteiger partial charge in [0.2, 0.25) is 0 Å². The second-order valence-corrected chi connectivity index (χ2v) is 5.39. The predicted octanol–water partition coefficient (Wildman–Crippen LogP) is 2.46. The number of hydrogen-bond acceptors (Lipinski definition) is 3. The first-order valence-electron chi connectivity index (χ1n) is 6.39. The van der Waals surface area contributed by atoms with Crippen LogP contribution in [-0.2, 0) is 6.54 Å². The van der Waals surface area contributed by atoms with Gasteiger partial charge >= 0.3 is 0 Å². The molecule has 0 fully saturated rings. The lowest BCUT2D eigenvalue weighted by atomic mass is 10.1. The summed E-state index contributed by atoms with van der Waals surface area (Å²) in [5.74, 6) is -1.97. The maximum atomic E-state index is 13.3. The number of benzene rings is 1. The van der Waals surface area contributed by atoms with Crippen LogP contribution in [0.5, 0.6) is 0 Å². The number of nitrogens with zero attached hydrogens (tertiary/aromatic N) is 3. The van der Waals surface area contributed by atoms with Gasteiger partial charge in [0, 0.05) is 6.54 Å². The zero-order valence-corrected chi connectivity index (χ0v) is 12.5. The molecular weight excluding hydrogens is 300 g/mol. The number of rotatable bonds is 5. The summed E-state index contributed by atoms with van der Waals surface area (Å²) in [6, 6.07) is 3.25. The fourth-order valence-electron chi connectivity index (χ4n) is 1.96. The summed E-state index contributed by atoms with van der Waals surface area (Å²) < 4.78 is 27.8. The molecule has 0 aliphatic heterocycles. The molecule has 0 saturated heterocycles. The molecule has 114 valence electrons. The third-order valence-corrected chi connectivity index (χ3v) is 3.40. The van der Waals surface area contributed by atoms with Crippen LogP contribution in [0.25, 0.3) is 0 Å². The van der Waals surface area contributed by atoms with Crippen LogP contribution in [0.2, 0.25) is 5.02 Å². The van der Waals surface area contributed by atoms with Crippen LogP contribution >= 0.6 is 11.6 Å². The smallest absolute Gasteiger partial charge is 0.159 e. The highest BCUT2D eigenvalue weighted by atomic mass is 35.5. The first-order valence-corrected chi connectivity index (χ1v) is 6.77. The first-order chi connectivity index (χ1) is 9.90. The maximum Gasteiger partial charge on any atom is 0.159 e. The van der Waals surface area contributed by atoms with Crippen LogP contribution < -0.4 is 0 Å². The van der Waals surface area contributed by atoms with Crippen molar-refractivity contribution in [1.29, 1.82) is 0 Å². The Balaban J connectivity index is 2.31. The molecule has 1 aromatic carbocycles. The van der Waals surface area contributed by atoms with E-state index >= 15 is 0 Å². The van der Waals surface area contributed by atoms with Crippen molar-refractivity contribution < 1.29 is 13.9 Å². The van der Waals surface area contributed by atoms with E-state index in [1.165, 1.54) is 12.3 Å². The Morgan fingerprint density at radius 1 is 1.33 bits per heavy atom. The summed E-state index contributed by atoms with van der Waals surface area (Å²) in [7, 11) is 3.83. The molecule has 0 bridgehead atoms. The van der Waals surface area contributed by atoms with Crippen LogP contribution in [0.1, 0.15) is 17.4 Å². The van der Waals surface area contributed by atoms with E-state index < -0.39 is 17.7 Å². The Hall–Kier alpha value is -1.50. The van der Waals surface area contributed by atoms with Crippen LogP contribution in [0.3, 0.4) is 0 Å². The summed E-state index contributed by atoms with van der Waals surface area (Å²) in [5, 5.41) is 14.8. The van der Waals surface area contributed by atoms with Gasteiger partial charge in [-0.05, 0) is 31.8 Å². The molecule has 0 radical (unpaired) electrons. The molecule has 0 aliphatic rings. The number of likely N-dealkylation sites (N-methyl/N-ethyl adjacent to an activating group) is 1. The number of aromatic nitrogens is 2. The first kappa shape index (κ1) is 15.9. The molecule has 21 heavy (non-hydrogen) atoms. The molecule has 4 nitrogen and oxygen atoms in total. The Kier molecular flexibility index (Phi) is 4.92. The standard InChI is InChI=1S/C14H16ClF2N3O/c1-19(2)5-6-20-13(10(15)8-18-20)14(21)9-3-4-11(16)12(17)7-9/h3-4,7-8,14,21H,5-6H2,1-2H3. The lowest BCUT2D eigenvalue weighted by Crippen LogP contribution is -2.21. The Morgan fingerprint density at radius 3 is 2.67 bits per heavy atom. The van der Waals surface area contributed by atoms with E-state index in [4.69, 9.17) is 11.6 Å². The highest BCUT2D eigenvalue weighted by Gasteiger charge is 2.21. The molecule has 1 atom stereocenters. The topological polar surface area (TPSA) is 41.3 Å². The molecule has 0 saturated carbocycles. The molecule has 2 rings (SSSR count). The molecular formula is C14H16ClF2N3O. The van der Waals surface area contributed by atoms with Gasteiger partial charge in [0.1, 0.15) is 6.10 Å². The van der Waals surface area contributed by atoms with Gasteiger partial charge in [-0.3, -0.25) is 4.68 Å². The molecule has 2 aromatic rings. The highest BCUT2D eigenvalue weighted by molar-refractivity contribution is 6.31. The van der Waals surface area contributed by atoms with Crippen LogP contribution in [0.4, 0.5) is 8.78 Å². The van der Waals surface area contributed by atoms with E-state index in [0.717, 1.165) is 12.1 Å². The molecule has 1 aromatic heterocycles. The molecule has 0 amide bonds. The van der Waals surface area contributed by atoms with Crippen molar-refractivity contribution in [3.8, 4) is 0 Å². The number of aliphatic hydroxyl groups is 1. The molecule has 0 spiro atoms. The summed E-state index contributed by atoms with van der Waals surface area (Å²) in [5.41, 5.74) is 0.590. The van der Waals surface area contributed by atoms with Crippen molar-refractivity contribution in [2.24, 2.45) is 0 Å². The van der Waals surface area contributed by atoms with E-state index in [1.54, 1.807) is 4.68 Å². The van der Waals surface area contributed by atoms with Gasteiger partial charge in [0.25, 0.3) is 0 Å². The second-order valence-electron chi connectivity index (χ2n) is 4.98. The highest BCUT2D eigenvalue weighted by Crippen LogP contribution is 2.28. The summed E-state index contributed by atoms with van der Waals surface area (Å²) in [6.45, 7) is 1.23. The zero-order chi connectivity index (χ0) is 15.6. The fraction of sp³-hybridized carbons (Fsp3) is 0.357. The number of aliphatic hydroxyl groups excluding tert-OH is 1. The van der Waals surface area contributed by atoms with Gasteiger partial charge in [0.05, 0.1) is 23.5 Å². The van der Waals surface area contributed by atoms with E-state index in [1.807, 2.05) is 19.0 Å². The Morgan fingerprint density at radius 2 is 2.05 bits per heavy atom. The van der Waals surface area contributed by atoms with Gasteiger partial charge in [-0.15, -0.1) is 0 Å². The van der Waals surface area contributed by atoms with Crippen molar-refractivity contribution in [2.45, 2.75) is 12.6 Å². The van der Waals surface area contributed by atoms with Gasteiger partial charge < -0.3 is 10.0 Å². The average Bonchev–Trinajstić information content (AvgIpc) is 2.80. The minimum atomic E-state index is -1.17.